The van der Waals surface area contributed by atoms with E-state index in [-0.39, 0.29) is 0 Å². The predicted octanol–water partition coefficient (Wildman–Crippen LogP) is 2.92. The van der Waals surface area contributed by atoms with Gasteiger partial charge in [0.25, 0.3) is 0 Å². The monoisotopic (exact) mass is 206 g/mol. The van der Waals surface area contributed by atoms with Gasteiger partial charge in [-0.2, -0.15) is 4.98 Å². The van der Waals surface area contributed by atoms with E-state index in [2.05, 4.69) is 9.97 Å². The van der Waals surface area contributed by atoms with E-state index in [0.29, 0.717) is 16.8 Å². The average Bonchev–Trinajstić information content (AvgIpc) is 2.19. The van der Waals surface area contributed by atoms with Crippen molar-refractivity contribution < 1.29 is 4.74 Å². The fourth-order valence-electron chi connectivity index (χ4n) is 0.984. The van der Waals surface area contributed by atoms with Gasteiger partial charge in [0, 0.05) is 0 Å². The maximum absolute atomic E-state index is 5.66. The van der Waals surface area contributed by atoms with Crippen LogP contribution in [0.4, 0.5) is 0 Å². The van der Waals surface area contributed by atoms with E-state index in [1.54, 1.807) is 0 Å². The van der Waals surface area contributed by atoms with Gasteiger partial charge in [0.1, 0.15) is 5.75 Å². The highest BCUT2D eigenvalue weighted by atomic mass is 35.5. The van der Waals surface area contributed by atoms with Gasteiger partial charge in [0.05, 0.1) is 12.4 Å². The Kier molecular flexibility index (Phi) is 2.60. The minimum atomic E-state index is 0.318. The number of hydrogen-bond acceptors (Lipinski definition) is 3. The fraction of sp³-hybridized carbons (Fsp3) is 0. The lowest BCUT2D eigenvalue weighted by molar-refractivity contribution is 0.460. The minimum Gasteiger partial charge on any atom is -0.437 e. The minimum absolute atomic E-state index is 0.318. The molecule has 4 heteroatoms. The molecule has 0 atom stereocenters. The maximum Gasteiger partial charge on any atom is 0.239 e. The van der Waals surface area contributed by atoms with Crippen molar-refractivity contribution in [2.75, 3.05) is 0 Å². The highest BCUT2D eigenvalue weighted by Gasteiger charge is 1.98. The van der Waals surface area contributed by atoms with E-state index in [1.807, 2.05) is 30.3 Å². The second-order valence-corrected chi connectivity index (χ2v) is 2.98. The molecule has 0 unspecified atom stereocenters. The van der Waals surface area contributed by atoms with Crippen LogP contribution in [0.2, 0.25) is 5.15 Å². The van der Waals surface area contributed by atoms with E-state index in [9.17, 15) is 0 Å². The number of ether oxygens (including phenoxy) is 1. The number of hydrogen-bond donors (Lipinski definition) is 0. The summed E-state index contributed by atoms with van der Waals surface area (Å²) in [4.78, 5) is 7.81. The van der Waals surface area contributed by atoms with Crippen molar-refractivity contribution in [1.29, 1.82) is 0 Å². The molecule has 0 bridgehead atoms. The molecular formula is C10H7ClN2O. The SMILES string of the molecule is Clc1cncc(Oc2ccccc2)n1. The molecule has 0 saturated carbocycles. The number of para-hydroxylation sites is 1. The van der Waals surface area contributed by atoms with Crippen molar-refractivity contribution in [3.8, 4) is 11.6 Å². The zero-order chi connectivity index (χ0) is 9.80. The summed E-state index contributed by atoms with van der Waals surface area (Å²) in [5.41, 5.74) is 0. The molecule has 0 spiro atoms. The Balaban J connectivity index is 2.19. The van der Waals surface area contributed by atoms with Gasteiger partial charge < -0.3 is 4.74 Å². The van der Waals surface area contributed by atoms with Gasteiger partial charge in [-0.05, 0) is 12.1 Å². The van der Waals surface area contributed by atoms with Gasteiger partial charge in [-0.15, -0.1) is 0 Å². The first-order valence-electron chi connectivity index (χ1n) is 4.05. The van der Waals surface area contributed by atoms with E-state index < -0.39 is 0 Å². The van der Waals surface area contributed by atoms with Crippen LogP contribution in [0.3, 0.4) is 0 Å². The lowest BCUT2D eigenvalue weighted by Crippen LogP contribution is -1.88. The van der Waals surface area contributed by atoms with Gasteiger partial charge in [-0.3, -0.25) is 4.98 Å². The standard InChI is InChI=1S/C10H7ClN2O/c11-9-6-12-7-10(13-9)14-8-4-2-1-3-5-8/h1-7H. The van der Waals surface area contributed by atoms with Gasteiger partial charge >= 0.3 is 0 Å². The van der Waals surface area contributed by atoms with Crippen LogP contribution in [0.15, 0.2) is 42.7 Å². The van der Waals surface area contributed by atoms with Crippen LogP contribution in [0.1, 0.15) is 0 Å². The molecule has 1 heterocycles. The molecule has 0 amide bonds. The first kappa shape index (κ1) is 8.97. The van der Waals surface area contributed by atoms with Gasteiger partial charge in [-0.25, -0.2) is 0 Å². The number of nitrogens with zero attached hydrogens (tertiary/aromatic N) is 2. The van der Waals surface area contributed by atoms with E-state index in [0.717, 1.165) is 0 Å². The molecule has 2 rings (SSSR count). The first-order valence-corrected chi connectivity index (χ1v) is 4.43. The first-order chi connectivity index (χ1) is 6.84. The molecule has 0 N–H and O–H groups in total. The van der Waals surface area contributed by atoms with Crippen LogP contribution in [0.25, 0.3) is 0 Å². The van der Waals surface area contributed by atoms with Gasteiger partial charge in [-0.1, -0.05) is 29.8 Å². The molecule has 3 nitrogen and oxygen atoms in total. The molecule has 2 aromatic rings. The smallest absolute Gasteiger partial charge is 0.239 e. The number of rotatable bonds is 2. The third-order valence-corrected chi connectivity index (χ3v) is 1.73. The third kappa shape index (κ3) is 2.20. The van der Waals surface area contributed by atoms with Crippen molar-refractivity contribution in [2.24, 2.45) is 0 Å². The molecule has 14 heavy (non-hydrogen) atoms. The quantitative estimate of drug-likeness (QED) is 0.758. The summed E-state index contributed by atoms with van der Waals surface area (Å²) in [6, 6.07) is 9.35. The summed E-state index contributed by atoms with van der Waals surface area (Å²) >= 11 is 5.66. The van der Waals surface area contributed by atoms with Crippen molar-refractivity contribution in [2.45, 2.75) is 0 Å². The Morgan fingerprint density at radius 1 is 1.07 bits per heavy atom. The summed E-state index contributed by atoms with van der Waals surface area (Å²) < 4.78 is 5.40. The summed E-state index contributed by atoms with van der Waals surface area (Å²) in [5.74, 6) is 1.10. The second-order valence-electron chi connectivity index (χ2n) is 2.60. The van der Waals surface area contributed by atoms with Crippen molar-refractivity contribution in [3.05, 3.63) is 47.9 Å². The summed E-state index contributed by atoms with van der Waals surface area (Å²) in [7, 11) is 0. The number of aromatic nitrogens is 2. The molecule has 70 valence electrons. The predicted molar refractivity (Wildman–Crippen MR) is 53.6 cm³/mol. The topological polar surface area (TPSA) is 35.0 Å². The van der Waals surface area contributed by atoms with Crippen molar-refractivity contribution in [3.63, 3.8) is 0 Å². The van der Waals surface area contributed by atoms with E-state index in [4.69, 9.17) is 16.3 Å². The third-order valence-electron chi connectivity index (χ3n) is 1.55. The van der Waals surface area contributed by atoms with Crippen LogP contribution in [-0.4, -0.2) is 9.97 Å². The fourth-order valence-corrected chi connectivity index (χ4v) is 1.12. The Morgan fingerprint density at radius 2 is 1.86 bits per heavy atom. The highest BCUT2D eigenvalue weighted by molar-refractivity contribution is 6.29. The molecule has 0 aliphatic heterocycles. The molecule has 0 fully saturated rings. The molecule has 0 radical (unpaired) electrons. The Bertz CT molecular complexity index is 419. The molecule has 1 aromatic carbocycles. The lowest BCUT2D eigenvalue weighted by Gasteiger charge is -2.02. The van der Waals surface area contributed by atoms with Gasteiger partial charge in [0.2, 0.25) is 5.88 Å². The van der Waals surface area contributed by atoms with E-state index in [1.165, 1.54) is 12.4 Å². The normalized spacial score (nSPS) is 9.79. The Morgan fingerprint density at radius 3 is 2.57 bits per heavy atom. The maximum atomic E-state index is 5.66. The molecule has 0 aliphatic carbocycles. The van der Waals surface area contributed by atoms with Crippen LogP contribution in [0.5, 0.6) is 11.6 Å². The molecule has 0 aliphatic rings. The van der Waals surface area contributed by atoms with Crippen molar-refractivity contribution >= 4 is 11.6 Å². The Hall–Kier alpha value is -1.61. The van der Waals surface area contributed by atoms with Crippen LogP contribution in [-0.2, 0) is 0 Å². The molecule has 0 saturated heterocycles. The van der Waals surface area contributed by atoms with Crippen LogP contribution in [0, 0.1) is 0 Å². The van der Waals surface area contributed by atoms with Crippen molar-refractivity contribution in [1.82, 2.24) is 9.97 Å². The average molecular weight is 207 g/mol. The zero-order valence-corrected chi connectivity index (χ0v) is 7.98. The summed E-state index contributed by atoms with van der Waals surface area (Å²) in [5, 5.41) is 0.318. The largest absolute Gasteiger partial charge is 0.437 e. The summed E-state index contributed by atoms with van der Waals surface area (Å²) in [6.45, 7) is 0. The summed E-state index contributed by atoms with van der Waals surface area (Å²) in [6.07, 6.45) is 2.97. The van der Waals surface area contributed by atoms with Gasteiger partial charge in [0.15, 0.2) is 5.15 Å². The highest BCUT2D eigenvalue weighted by Crippen LogP contribution is 2.18. The zero-order valence-electron chi connectivity index (χ0n) is 7.22. The molecular weight excluding hydrogens is 200 g/mol. The Labute approximate surface area is 86.3 Å². The van der Waals surface area contributed by atoms with Crippen LogP contribution >= 0.6 is 11.6 Å². The van der Waals surface area contributed by atoms with E-state index >= 15 is 0 Å². The molecule has 1 aromatic heterocycles. The second kappa shape index (κ2) is 4.07. The lowest BCUT2D eigenvalue weighted by atomic mass is 10.3. The van der Waals surface area contributed by atoms with Crippen LogP contribution < -0.4 is 4.74 Å². The number of benzene rings is 1. The number of halogens is 1.